The van der Waals surface area contributed by atoms with E-state index >= 15 is 0 Å². The van der Waals surface area contributed by atoms with E-state index in [1.807, 2.05) is 12.2 Å². The first-order chi connectivity index (χ1) is 11.4. The van der Waals surface area contributed by atoms with Crippen LogP contribution in [0.2, 0.25) is 0 Å². The standard InChI is InChI=1S/2C8H10.2C4H8/c1-7-3-5-8(2)6-4-7;1-7-4-3-5-8(2)6-7;2*1-3-4-2/h2*3-6H,1-2H3;2*3H,1,4H2,2H3. The third-order valence-corrected chi connectivity index (χ3v) is 2.97. The van der Waals surface area contributed by atoms with Crippen LogP contribution in [0, 0.1) is 27.7 Å². The Balaban J connectivity index is 0. The van der Waals surface area contributed by atoms with Gasteiger partial charge in [0.1, 0.15) is 0 Å². The molecular weight excluding hydrogens is 288 g/mol. The maximum absolute atomic E-state index is 3.48. The van der Waals surface area contributed by atoms with Gasteiger partial charge in [-0.2, -0.15) is 0 Å². The summed E-state index contributed by atoms with van der Waals surface area (Å²) in [5.41, 5.74) is 5.33. The van der Waals surface area contributed by atoms with E-state index in [1.54, 1.807) is 0 Å². The van der Waals surface area contributed by atoms with Gasteiger partial charge >= 0.3 is 0 Å². The van der Waals surface area contributed by atoms with Gasteiger partial charge in [-0.25, -0.2) is 0 Å². The number of allylic oxidation sites excluding steroid dienone is 2. The summed E-state index contributed by atoms with van der Waals surface area (Å²) in [6.45, 7) is 19.5. The zero-order valence-electron chi connectivity index (χ0n) is 16.6. The molecule has 0 fully saturated rings. The molecule has 0 nitrogen and oxygen atoms in total. The molecule has 0 heterocycles. The molecule has 0 aromatic heterocycles. The predicted molar refractivity (Wildman–Crippen MR) is 113 cm³/mol. The van der Waals surface area contributed by atoms with Crippen LogP contribution >= 0.6 is 0 Å². The highest BCUT2D eigenvalue weighted by molar-refractivity contribution is 5.20. The van der Waals surface area contributed by atoms with Crippen LogP contribution in [0.15, 0.2) is 73.8 Å². The van der Waals surface area contributed by atoms with Crippen molar-refractivity contribution < 1.29 is 0 Å². The third kappa shape index (κ3) is 18.0. The van der Waals surface area contributed by atoms with E-state index in [0.29, 0.717) is 0 Å². The highest BCUT2D eigenvalue weighted by Crippen LogP contribution is 2.00. The first-order valence-electron chi connectivity index (χ1n) is 8.69. The third-order valence-electron chi connectivity index (χ3n) is 2.97. The fourth-order valence-corrected chi connectivity index (χ4v) is 1.44. The van der Waals surface area contributed by atoms with Gasteiger partial charge in [0.2, 0.25) is 0 Å². The van der Waals surface area contributed by atoms with Crippen molar-refractivity contribution in [2.24, 2.45) is 0 Å². The monoisotopic (exact) mass is 324 g/mol. The number of hydrogen-bond acceptors (Lipinski definition) is 0. The summed E-state index contributed by atoms with van der Waals surface area (Å²) in [5.74, 6) is 0. The normalized spacial score (nSPS) is 8.25. The lowest BCUT2D eigenvalue weighted by Crippen LogP contribution is -1.71. The van der Waals surface area contributed by atoms with Crippen molar-refractivity contribution in [2.75, 3.05) is 0 Å². The molecule has 132 valence electrons. The highest BCUT2D eigenvalue weighted by atomic mass is 13.9. The fourth-order valence-electron chi connectivity index (χ4n) is 1.44. The average Bonchev–Trinajstić information content (AvgIpc) is 2.58. The largest absolute Gasteiger partial charge is 0.103 e. The van der Waals surface area contributed by atoms with Gasteiger partial charge in [0.05, 0.1) is 0 Å². The number of rotatable bonds is 2. The molecule has 0 aliphatic carbocycles. The zero-order chi connectivity index (χ0) is 18.8. The molecule has 0 N–H and O–H groups in total. The van der Waals surface area contributed by atoms with Gasteiger partial charge in [-0.05, 0) is 40.5 Å². The van der Waals surface area contributed by atoms with Gasteiger partial charge < -0.3 is 0 Å². The quantitative estimate of drug-likeness (QED) is 0.495. The number of hydrogen-bond donors (Lipinski definition) is 0. The minimum atomic E-state index is 1.08. The topological polar surface area (TPSA) is 0 Å². The minimum absolute atomic E-state index is 1.08. The fraction of sp³-hybridized carbons (Fsp3) is 0.333. The highest BCUT2D eigenvalue weighted by Gasteiger charge is 1.81. The van der Waals surface area contributed by atoms with Crippen molar-refractivity contribution in [1.82, 2.24) is 0 Å². The van der Waals surface area contributed by atoms with Gasteiger partial charge in [0, 0.05) is 0 Å². The Morgan fingerprint density at radius 3 is 1.08 bits per heavy atom. The number of aryl methyl sites for hydroxylation is 4. The smallest absolute Gasteiger partial charge is 0.0382 e. The van der Waals surface area contributed by atoms with E-state index in [2.05, 4.69) is 103 Å². The molecule has 0 atom stereocenters. The molecule has 0 aliphatic rings. The van der Waals surface area contributed by atoms with Crippen molar-refractivity contribution >= 4 is 0 Å². The van der Waals surface area contributed by atoms with Crippen molar-refractivity contribution in [3.05, 3.63) is 96.1 Å². The first-order valence-corrected chi connectivity index (χ1v) is 8.69. The lowest BCUT2D eigenvalue weighted by atomic mass is 10.2. The van der Waals surface area contributed by atoms with Crippen LogP contribution in [0.3, 0.4) is 0 Å². The van der Waals surface area contributed by atoms with Gasteiger partial charge in [-0.15, -0.1) is 13.2 Å². The Hall–Kier alpha value is -2.08. The molecule has 2 rings (SSSR count). The molecule has 0 radical (unpaired) electrons. The van der Waals surface area contributed by atoms with E-state index in [1.165, 1.54) is 22.3 Å². The molecule has 0 amide bonds. The molecule has 0 unspecified atom stereocenters. The minimum Gasteiger partial charge on any atom is -0.103 e. The first kappa shape index (κ1) is 24.2. The maximum atomic E-state index is 3.48. The second-order valence-corrected chi connectivity index (χ2v) is 5.71. The van der Waals surface area contributed by atoms with Crippen LogP contribution in [0.25, 0.3) is 0 Å². The molecule has 0 saturated carbocycles. The van der Waals surface area contributed by atoms with E-state index in [9.17, 15) is 0 Å². The molecule has 0 heteroatoms. The van der Waals surface area contributed by atoms with E-state index < -0.39 is 0 Å². The van der Waals surface area contributed by atoms with Crippen molar-refractivity contribution in [2.45, 2.75) is 54.4 Å². The summed E-state index contributed by atoms with van der Waals surface area (Å²) < 4.78 is 0. The van der Waals surface area contributed by atoms with Crippen LogP contribution in [0.5, 0.6) is 0 Å². The second kappa shape index (κ2) is 17.3. The summed E-state index contributed by atoms with van der Waals surface area (Å²) in [6, 6.07) is 16.9. The van der Waals surface area contributed by atoms with Crippen molar-refractivity contribution in [3.63, 3.8) is 0 Å². The van der Waals surface area contributed by atoms with E-state index in [-0.39, 0.29) is 0 Å². The zero-order valence-corrected chi connectivity index (χ0v) is 16.6. The SMILES string of the molecule is C=CCC.C=CCC.Cc1ccc(C)cc1.Cc1cccc(C)c1. The van der Waals surface area contributed by atoms with Crippen LogP contribution in [-0.4, -0.2) is 0 Å². The lowest BCUT2D eigenvalue weighted by molar-refractivity contribution is 1.23. The van der Waals surface area contributed by atoms with Crippen LogP contribution in [0.1, 0.15) is 48.9 Å². The summed E-state index contributed by atoms with van der Waals surface area (Å²) in [5, 5.41) is 0. The van der Waals surface area contributed by atoms with Crippen LogP contribution < -0.4 is 0 Å². The lowest BCUT2D eigenvalue weighted by Gasteiger charge is -1.90. The molecule has 2 aromatic rings. The Labute approximate surface area is 151 Å². The van der Waals surface area contributed by atoms with Crippen molar-refractivity contribution in [3.8, 4) is 0 Å². The Bertz CT molecular complexity index is 486. The van der Waals surface area contributed by atoms with Gasteiger partial charge in [0.15, 0.2) is 0 Å². The molecule has 0 spiro atoms. The Morgan fingerprint density at radius 1 is 0.625 bits per heavy atom. The Morgan fingerprint density at radius 2 is 0.917 bits per heavy atom. The molecule has 0 bridgehead atoms. The van der Waals surface area contributed by atoms with Crippen LogP contribution in [-0.2, 0) is 0 Å². The summed E-state index contributed by atoms with van der Waals surface area (Å²) >= 11 is 0. The Kier molecular flexibility index (Phi) is 17.4. The number of benzene rings is 2. The molecule has 0 aliphatic heterocycles. The molecular formula is C24H36. The average molecular weight is 325 g/mol. The summed E-state index contributed by atoms with van der Waals surface area (Å²) in [4.78, 5) is 0. The summed E-state index contributed by atoms with van der Waals surface area (Å²) in [7, 11) is 0. The molecule has 0 saturated heterocycles. The van der Waals surface area contributed by atoms with Gasteiger partial charge in [0.25, 0.3) is 0 Å². The van der Waals surface area contributed by atoms with Crippen LogP contribution in [0.4, 0.5) is 0 Å². The predicted octanol–water partition coefficient (Wildman–Crippen LogP) is 7.77. The second-order valence-electron chi connectivity index (χ2n) is 5.71. The molecule has 2 aromatic carbocycles. The summed E-state index contributed by atoms with van der Waals surface area (Å²) in [6.07, 6.45) is 5.92. The van der Waals surface area contributed by atoms with Crippen molar-refractivity contribution in [1.29, 1.82) is 0 Å². The van der Waals surface area contributed by atoms with E-state index in [4.69, 9.17) is 0 Å². The van der Waals surface area contributed by atoms with Gasteiger partial charge in [-0.3, -0.25) is 0 Å². The van der Waals surface area contributed by atoms with Gasteiger partial charge in [-0.1, -0.05) is 96.8 Å². The molecule has 24 heavy (non-hydrogen) atoms. The maximum Gasteiger partial charge on any atom is -0.0382 e. The van der Waals surface area contributed by atoms with E-state index in [0.717, 1.165) is 12.8 Å².